The molecule has 0 saturated carbocycles. The molecule has 4 heteroatoms. The van der Waals surface area contributed by atoms with E-state index in [0.29, 0.717) is 10.6 Å². The van der Waals surface area contributed by atoms with Crippen molar-refractivity contribution in [3.8, 4) is 0 Å². The number of nitrogens with zero attached hydrogens (tertiary/aromatic N) is 1. The van der Waals surface area contributed by atoms with Crippen LogP contribution in [0, 0.1) is 6.92 Å². The van der Waals surface area contributed by atoms with Gasteiger partial charge in [0.15, 0.2) is 0 Å². The first-order valence-corrected chi connectivity index (χ1v) is 4.86. The minimum Gasteiger partial charge on any atom is -0.282 e. The van der Waals surface area contributed by atoms with Gasteiger partial charge in [-0.15, -0.1) is 0 Å². The van der Waals surface area contributed by atoms with E-state index >= 15 is 0 Å². The zero-order valence-corrected chi connectivity index (χ0v) is 9.63. The van der Waals surface area contributed by atoms with Crippen molar-refractivity contribution in [2.24, 2.45) is 0 Å². The zero-order chi connectivity index (χ0) is 11.6. The lowest BCUT2D eigenvalue weighted by atomic mass is 10.1. The SMILES string of the molecule is CC(=O)N(C)C(=O)c1cc(Cl)ccc1C. The highest BCUT2D eigenvalue weighted by molar-refractivity contribution is 6.31. The van der Waals surface area contributed by atoms with E-state index in [4.69, 9.17) is 11.6 Å². The number of carbonyl (C=O) groups is 2. The van der Waals surface area contributed by atoms with Crippen molar-refractivity contribution in [2.75, 3.05) is 7.05 Å². The highest BCUT2D eigenvalue weighted by Gasteiger charge is 2.17. The smallest absolute Gasteiger partial charge is 0.260 e. The third-order valence-electron chi connectivity index (χ3n) is 2.21. The summed E-state index contributed by atoms with van der Waals surface area (Å²) in [6, 6.07) is 5.03. The first kappa shape index (κ1) is 11.7. The molecule has 0 spiro atoms. The van der Waals surface area contributed by atoms with Crippen molar-refractivity contribution in [1.82, 2.24) is 4.90 Å². The fraction of sp³-hybridized carbons (Fsp3) is 0.273. The van der Waals surface area contributed by atoms with Crippen LogP contribution in [-0.2, 0) is 4.79 Å². The van der Waals surface area contributed by atoms with Crippen molar-refractivity contribution < 1.29 is 9.59 Å². The molecule has 0 atom stereocenters. The van der Waals surface area contributed by atoms with E-state index in [9.17, 15) is 9.59 Å². The van der Waals surface area contributed by atoms with E-state index in [2.05, 4.69) is 0 Å². The van der Waals surface area contributed by atoms with Crippen LogP contribution in [0.4, 0.5) is 0 Å². The summed E-state index contributed by atoms with van der Waals surface area (Å²) in [5.74, 6) is -0.623. The zero-order valence-electron chi connectivity index (χ0n) is 8.87. The Morgan fingerprint density at radius 3 is 2.47 bits per heavy atom. The van der Waals surface area contributed by atoms with E-state index in [1.54, 1.807) is 25.1 Å². The minimum absolute atomic E-state index is 0.292. The van der Waals surface area contributed by atoms with E-state index in [1.165, 1.54) is 14.0 Å². The minimum atomic E-state index is -0.331. The number of aryl methyl sites for hydroxylation is 1. The first-order valence-electron chi connectivity index (χ1n) is 4.48. The summed E-state index contributed by atoms with van der Waals surface area (Å²) in [7, 11) is 1.45. The Kier molecular flexibility index (Phi) is 3.48. The van der Waals surface area contributed by atoms with Crippen LogP contribution in [0.25, 0.3) is 0 Å². The van der Waals surface area contributed by atoms with Crippen LogP contribution in [0.5, 0.6) is 0 Å². The van der Waals surface area contributed by atoms with Crippen LogP contribution in [0.15, 0.2) is 18.2 Å². The monoisotopic (exact) mass is 225 g/mol. The van der Waals surface area contributed by atoms with E-state index in [1.807, 2.05) is 0 Å². The lowest BCUT2D eigenvalue weighted by Crippen LogP contribution is -2.31. The molecule has 0 aliphatic heterocycles. The Hall–Kier alpha value is -1.35. The van der Waals surface area contributed by atoms with Gasteiger partial charge in [-0.05, 0) is 24.6 Å². The molecule has 80 valence electrons. The van der Waals surface area contributed by atoms with E-state index < -0.39 is 0 Å². The molecule has 0 saturated heterocycles. The first-order chi connectivity index (χ1) is 6.93. The fourth-order valence-electron chi connectivity index (χ4n) is 1.15. The Balaban J connectivity index is 3.11. The van der Waals surface area contributed by atoms with Gasteiger partial charge in [0.1, 0.15) is 0 Å². The van der Waals surface area contributed by atoms with E-state index in [0.717, 1.165) is 10.5 Å². The third-order valence-corrected chi connectivity index (χ3v) is 2.44. The number of rotatable bonds is 1. The quantitative estimate of drug-likeness (QED) is 0.735. The summed E-state index contributed by atoms with van der Waals surface area (Å²) in [6.45, 7) is 3.15. The molecule has 0 aliphatic rings. The summed E-state index contributed by atoms with van der Waals surface area (Å²) >= 11 is 5.79. The van der Waals surface area contributed by atoms with Crippen molar-refractivity contribution in [1.29, 1.82) is 0 Å². The number of benzene rings is 1. The van der Waals surface area contributed by atoms with Crippen molar-refractivity contribution in [3.05, 3.63) is 34.3 Å². The second kappa shape index (κ2) is 4.45. The Bertz CT molecular complexity index is 415. The van der Waals surface area contributed by atoms with Crippen LogP contribution < -0.4 is 0 Å². The van der Waals surface area contributed by atoms with Crippen LogP contribution >= 0.6 is 11.6 Å². The lowest BCUT2D eigenvalue weighted by Gasteiger charge is -2.14. The molecule has 3 nitrogen and oxygen atoms in total. The van der Waals surface area contributed by atoms with Gasteiger partial charge in [0, 0.05) is 24.6 Å². The summed E-state index contributed by atoms with van der Waals surface area (Å²) in [4.78, 5) is 23.9. The summed E-state index contributed by atoms with van der Waals surface area (Å²) in [5, 5.41) is 0.487. The molecule has 0 aliphatic carbocycles. The molecule has 1 aromatic rings. The second-order valence-corrected chi connectivity index (χ2v) is 3.78. The van der Waals surface area contributed by atoms with Crippen LogP contribution in [0.1, 0.15) is 22.8 Å². The lowest BCUT2D eigenvalue weighted by molar-refractivity contribution is -0.125. The summed E-state index contributed by atoms with van der Waals surface area (Å²) in [5.41, 5.74) is 1.26. The highest BCUT2D eigenvalue weighted by Crippen LogP contribution is 2.16. The van der Waals surface area contributed by atoms with Gasteiger partial charge >= 0.3 is 0 Å². The number of imide groups is 1. The van der Waals surface area contributed by atoms with E-state index in [-0.39, 0.29) is 11.8 Å². The standard InChI is InChI=1S/C11H12ClNO2/c1-7-4-5-9(12)6-10(7)11(15)13(3)8(2)14/h4-6H,1-3H3. The van der Waals surface area contributed by atoms with Crippen molar-refractivity contribution >= 4 is 23.4 Å². The van der Waals surface area contributed by atoms with Gasteiger partial charge in [-0.1, -0.05) is 17.7 Å². The fourth-order valence-corrected chi connectivity index (χ4v) is 1.32. The molecular formula is C11H12ClNO2. The molecule has 0 aromatic heterocycles. The van der Waals surface area contributed by atoms with Gasteiger partial charge in [-0.2, -0.15) is 0 Å². The molecule has 2 amide bonds. The van der Waals surface area contributed by atoms with Crippen LogP contribution in [-0.4, -0.2) is 23.8 Å². The van der Waals surface area contributed by atoms with Crippen molar-refractivity contribution in [3.63, 3.8) is 0 Å². The average molecular weight is 226 g/mol. The topological polar surface area (TPSA) is 37.4 Å². The highest BCUT2D eigenvalue weighted by atomic mass is 35.5. The van der Waals surface area contributed by atoms with Gasteiger partial charge in [0.2, 0.25) is 5.91 Å². The van der Waals surface area contributed by atoms with Crippen molar-refractivity contribution in [2.45, 2.75) is 13.8 Å². The molecule has 0 unspecified atom stereocenters. The second-order valence-electron chi connectivity index (χ2n) is 3.34. The Morgan fingerprint density at radius 1 is 1.33 bits per heavy atom. The molecule has 1 rings (SSSR count). The molecule has 1 aromatic carbocycles. The number of amides is 2. The van der Waals surface area contributed by atoms with Crippen LogP contribution in [0.2, 0.25) is 5.02 Å². The third kappa shape index (κ3) is 2.57. The molecule has 0 N–H and O–H groups in total. The molecule has 0 radical (unpaired) electrons. The predicted molar refractivity (Wildman–Crippen MR) is 59.0 cm³/mol. The predicted octanol–water partition coefficient (Wildman–Crippen LogP) is 2.27. The van der Waals surface area contributed by atoms with Gasteiger partial charge in [0.25, 0.3) is 5.91 Å². The maximum atomic E-state index is 11.8. The molecule has 0 bridgehead atoms. The molecule has 15 heavy (non-hydrogen) atoms. The van der Waals surface area contributed by atoms with Gasteiger partial charge in [-0.25, -0.2) is 0 Å². The molecule has 0 fully saturated rings. The summed E-state index contributed by atoms with van der Waals surface area (Å²) < 4.78 is 0. The van der Waals surface area contributed by atoms with Gasteiger partial charge in [0.05, 0.1) is 0 Å². The number of halogens is 1. The average Bonchev–Trinajstić information content (AvgIpc) is 2.19. The molecule has 0 heterocycles. The van der Waals surface area contributed by atoms with Gasteiger partial charge < -0.3 is 0 Å². The molecular weight excluding hydrogens is 214 g/mol. The summed E-state index contributed by atoms with van der Waals surface area (Å²) in [6.07, 6.45) is 0. The van der Waals surface area contributed by atoms with Crippen LogP contribution in [0.3, 0.4) is 0 Å². The largest absolute Gasteiger partial charge is 0.282 e. The normalized spacial score (nSPS) is 9.87. The van der Waals surface area contributed by atoms with Gasteiger partial charge in [-0.3, -0.25) is 14.5 Å². The maximum absolute atomic E-state index is 11.8. The Labute approximate surface area is 93.6 Å². The number of carbonyl (C=O) groups excluding carboxylic acids is 2. The maximum Gasteiger partial charge on any atom is 0.260 e. The number of hydrogen-bond donors (Lipinski definition) is 0. The number of hydrogen-bond acceptors (Lipinski definition) is 2. The Morgan fingerprint density at radius 2 is 1.93 bits per heavy atom.